The number of benzene rings is 2. The molecule has 1 fully saturated rings. The molecular weight excluding hydrogens is 415 g/mol. The molecule has 3 aromatic rings. The van der Waals surface area contributed by atoms with E-state index in [4.69, 9.17) is 4.98 Å². The van der Waals surface area contributed by atoms with Crippen LogP contribution in [0.15, 0.2) is 53.4 Å². The average Bonchev–Trinajstić information content (AvgIpc) is 2.73. The highest BCUT2D eigenvalue weighted by molar-refractivity contribution is 7.92. The van der Waals surface area contributed by atoms with Crippen LogP contribution in [0, 0.1) is 29.0 Å². The van der Waals surface area contributed by atoms with Gasteiger partial charge in [0.2, 0.25) is 9.84 Å². The lowest BCUT2D eigenvalue weighted by molar-refractivity contribution is 0.355. The van der Waals surface area contributed by atoms with Gasteiger partial charge >= 0.3 is 0 Å². The molecule has 31 heavy (non-hydrogen) atoms. The molecule has 2 heterocycles. The molecule has 8 heteroatoms. The van der Waals surface area contributed by atoms with E-state index in [9.17, 15) is 18.1 Å². The molecule has 0 spiro atoms. The largest absolute Gasteiger partial charge is 0.354 e. The molecule has 2 aromatic carbocycles. The number of fused-ring (bicyclic) bond motifs is 1. The number of halogens is 1. The van der Waals surface area contributed by atoms with Crippen LogP contribution >= 0.6 is 0 Å². The second-order valence-electron chi connectivity index (χ2n) is 8.28. The fraction of sp³-hybridized carbons (Fsp3) is 0.348. The Labute approximate surface area is 181 Å². The van der Waals surface area contributed by atoms with Crippen LogP contribution in [0.25, 0.3) is 11.0 Å². The van der Waals surface area contributed by atoms with Crippen molar-refractivity contribution in [3.63, 3.8) is 0 Å². The highest BCUT2D eigenvalue weighted by Gasteiger charge is 2.36. The molecule has 0 aliphatic carbocycles. The minimum atomic E-state index is -4.13. The average molecular weight is 439 g/mol. The third-order valence-electron chi connectivity index (χ3n) is 5.56. The first-order valence-electron chi connectivity index (χ1n) is 10.2. The number of sulfone groups is 1. The van der Waals surface area contributed by atoms with E-state index < -0.39 is 20.9 Å². The lowest BCUT2D eigenvalue weighted by Gasteiger charge is -2.36. The molecule has 160 valence electrons. The number of hydrogen-bond acceptors (Lipinski definition) is 6. The van der Waals surface area contributed by atoms with Crippen LogP contribution in [0.5, 0.6) is 0 Å². The van der Waals surface area contributed by atoms with Crippen LogP contribution in [0.1, 0.15) is 31.2 Å². The lowest BCUT2D eigenvalue weighted by Crippen LogP contribution is -2.40. The number of para-hydroxylation sites is 2. The van der Waals surface area contributed by atoms with E-state index in [2.05, 4.69) is 18.8 Å². The van der Waals surface area contributed by atoms with Crippen molar-refractivity contribution in [3.8, 4) is 6.07 Å². The summed E-state index contributed by atoms with van der Waals surface area (Å²) >= 11 is 0. The number of rotatable bonds is 4. The van der Waals surface area contributed by atoms with E-state index in [0.717, 1.165) is 18.6 Å². The molecule has 0 radical (unpaired) electrons. The summed E-state index contributed by atoms with van der Waals surface area (Å²) in [7, 11) is -4.13. The first-order chi connectivity index (χ1) is 14.8. The highest BCUT2D eigenvalue weighted by atomic mass is 32.2. The maximum atomic E-state index is 13.3. The SMILES string of the molecule is C[C@@H]1C[C@H](C)CN(c2nc3ccccc3nc2[C@H](C#N)S(=O)(=O)c2ccc(F)cc2)C1. The number of nitriles is 1. The molecular formula is C23H23FN4O2S. The summed E-state index contributed by atoms with van der Waals surface area (Å²) in [6.07, 6.45) is 1.07. The van der Waals surface area contributed by atoms with Crippen molar-refractivity contribution >= 4 is 26.7 Å². The minimum Gasteiger partial charge on any atom is -0.354 e. The molecule has 1 aliphatic rings. The molecule has 0 unspecified atom stereocenters. The van der Waals surface area contributed by atoms with Gasteiger partial charge in [-0.05, 0) is 54.7 Å². The Kier molecular flexibility index (Phi) is 5.63. The van der Waals surface area contributed by atoms with Crippen molar-refractivity contribution in [2.75, 3.05) is 18.0 Å². The molecule has 1 aliphatic heterocycles. The topological polar surface area (TPSA) is 86.9 Å². The van der Waals surface area contributed by atoms with Gasteiger partial charge in [0.05, 0.1) is 22.0 Å². The Balaban J connectivity index is 1.90. The first-order valence-corrected chi connectivity index (χ1v) is 11.7. The third-order valence-corrected chi connectivity index (χ3v) is 7.44. The van der Waals surface area contributed by atoms with Gasteiger partial charge in [0, 0.05) is 13.1 Å². The summed E-state index contributed by atoms with van der Waals surface area (Å²) in [5.41, 5.74) is 1.28. The molecule has 3 atom stereocenters. The van der Waals surface area contributed by atoms with Crippen molar-refractivity contribution in [2.24, 2.45) is 11.8 Å². The smallest absolute Gasteiger partial charge is 0.200 e. The molecule has 0 N–H and O–H groups in total. The Bertz CT molecular complexity index is 1240. The van der Waals surface area contributed by atoms with Crippen molar-refractivity contribution in [3.05, 3.63) is 60.0 Å². The van der Waals surface area contributed by atoms with E-state index >= 15 is 0 Å². The normalized spacial score (nSPS) is 20.4. The van der Waals surface area contributed by atoms with Gasteiger partial charge in [0.15, 0.2) is 11.1 Å². The first kappa shape index (κ1) is 21.2. The fourth-order valence-corrected chi connectivity index (χ4v) is 5.67. The molecule has 6 nitrogen and oxygen atoms in total. The zero-order chi connectivity index (χ0) is 22.2. The van der Waals surface area contributed by atoms with Crippen LogP contribution in [-0.4, -0.2) is 31.5 Å². The molecule has 1 saturated heterocycles. The van der Waals surface area contributed by atoms with Crippen LogP contribution in [0.4, 0.5) is 10.2 Å². The van der Waals surface area contributed by atoms with E-state index in [-0.39, 0.29) is 10.6 Å². The monoisotopic (exact) mass is 438 g/mol. The Morgan fingerprint density at radius 1 is 1.03 bits per heavy atom. The maximum absolute atomic E-state index is 13.3. The second-order valence-corrected chi connectivity index (χ2v) is 10.3. The van der Waals surface area contributed by atoms with Crippen molar-refractivity contribution in [1.82, 2.24) is 9.97 Å². The van der Waals surface area contributed by atoms with Crippen LogP contribution in [0.2, 0.25) is 0 Å². The van der Waals surface area contributed by atoms with E-state index in [1.165, 1.54) is 12.1 Å². The van der Waals surface area contributed by atoms with Crippen LogP contribution < -0.4 is 4.90 Å². The number of anilines is 1. The predicted octanol–water partition coefficient (Wildman–Crippen LogP) is 4.29. The Hall–Kier alpha value is -3.05. The Morgan fingerprint density at radius 2 is 1.61 bits per heavy atom. The molecule has 0 saturated carbocycles. The summed E-state index contributed by atoms with van der Waals surface area (Å²) < 4.78 is 40.0. The highest BCUT2D eigenvalue weighted by Crippen LogP contribution is 2.36. The molecule has 4 rings (SSSR count). The zero-order valence-corrected chi connectivity index (χ0v) is 18.2. The van der Waals surface area contributed by atoms with Gasteiger partial charge in [-0.3, -0.25) is 0 Å². The number of nitrogens with zero attached hydrogens (tertiary/aromatic N) is 4. The predicted molar refractivity (Wildman–Crippen MR) is 117 cm³/mol. The van der Waals surface area contributed by atoms with E-state index in [0.29, 0.717) is 41.8 Å². The van der Waals surface area contributed by atoms with Gasteiger partial charge in [0.25, 0.3) is 0 Å². The summed E-state index contributed by atoms with van der Waals surface area (Å²) in [4.78, 5) is 11.3. The lowest BCUT2D eigenvalue weighted by atomic mass is 9.92. The van der Waals surface area contributed by atoms with E-state index in [1.54, 1.807) is 12.1 Å². The molecule has 0 amide bonds. The van der Waals surface area contributed by atoms with Crippen molar-refractivity contribution in [1.29, 1.82) is 5.26 Å². The minimum absolute atomic E-state index is 0.117. The standard InChI is InChI=1S/C23H23FN4O2S/c1-15-11-16(2)14-28(13-15)23-22(26-19-5-3-4-6-20(19)27-23)21(12-25)31(29,30)18-9-7-17(24)8-10-18/h3-10,15-16,21H,11,13-14H2,1-2H3/t15-,16+,21-/m0/s1. The van der Waals surface area contributed by atoms with Gasteiger partial charge < -0.3 is 4.90 Å². The van der Waals surface area contributed by atoms with Crippen molar-refractivity contribution < 1.29 is 12.8 Å². The van der Waals surface area contributed by atoms with Gasteiger partial charge in [-0.2, -0.15) is 5.26 Å². The number of piperidine rings is 1. The van der Waals surface area contributed by atoms with Gasteiger partial charge in [-0.1, -0.05) is 26.0 Å². The summed E-state index contributed by atoms with van der Waals surface area (Å²) in [6, 6.07) is 13.6. The number of aromatic nitrogens is 2. The Morgan fingerprint density at radius 3 is 2.19 bits per heavy atom. The molecule has 1 aromatic heterocycles. The molecule has 0 bridgehead atoms. The second kappa shape index (κ2) is 8.23. The van der Waals surface area contributed by atoms with Crippen molar-refractivity contribution in [2.45, 2.75) is 30.4 Å². The van der Waals surface area contributed by atoms with Gasteiger partial charge in [0.1, 0.15) is 11.5 Å². The number of hydrogen-bond donors (Lipinski definition) is 0. The van der Waals surface area contributed by atoms with Crippen LogP contribution in [0.3, 0.4) is 0 Å². The van der Waals surface area contributed by atoms with Crippen LogP contribution in [-0.2, 0) is 9.84 Å². The van der Waals surface area contributed by atoms with Gasteiger partial charge in [-0.15, -0.1) is 0 Å². The quantitative estimate of drug-likeness (QED) is 0.565. The maximum Gasteiger partial charge on any atom is 0.200 e. The summed E-state index contributed by atoms with van der Waals surface area (Å²) in [5, 5.41) is 8.38. The van der Waals surface area contributed by atoms with E-state index in [1.807, 2.05) is 23.1 Å². The fourth-order valence-electron chi connectivity index (χ4n) is 4.29. The third kappa shape index (κ3) is 4.10. The summed E-state index contributed by atoms with van der Waals surface area (Å²) in [6.45, 7) is 5.71. The summed E-state index contributed by atoms with van der Waals surface area (Å²) in [5.74, 6) is 0.683. The zero-order valence-electron chi connectivity index (χ0n) is 17.4. The van der Waals surface area contributed by atoms with Gasteiger partial charge in [-0.25, -0.2) is 22.8 Å².